The van der Waals surface area contributed by atoms with Gasteiger partial charge in [-0.15, -0.1) is 0 Å². The fourth-order valence-electron chi connectivity index (χ4n) is 3.95. The first-order valence-corrected chi connectivity index (χ1v) is 10.4. The highest BCUT2D eigenvalue weighted by Crippen LogP contribution is 2.41. The highest BCUT2D eigenvalue weighted by molar-refractivity contribution is 6.36. The number of benzene rings is 1. The van der Waals surface area contributed by atoms with Crippen molar-refractivity contribution in [3.8, 4) is 0 Å². The number of anilines is 1. The van der Waals surface area contributed by atoms with Gasteiger partial charge in [-0.2, -0.15) is 0 Å². The van der Waals surface area contributed by atoms with Gasteiger partial charge in [0.1, 0.15) is 18.2 Å². The normalized spacial score (nSPS) is 17.3. The summed E-state index contributed by atoms with van der Waals surface area (Å²) in [5, 5.41) is 2.78. The number of pyridine rings is 1. The SMILES string of the molecule is CCN(CC)CCN(C)Cc1ccc2c(n1)COC2=C1C(=O)Nc2ccc(F)cc21. The van der Waals surface area contributed by atoms with Crippen molar-refractivity contribution in [1.82, 2.24) is 14.8 Å². The first-order chi connectivity index (χ1) is 14.5. The van der Waals surface area contributed by atoms with Crippen LogP contribution in [0.1, 0.15) is 36.4 Å². The lowest BCUT2D eigenvalue weighted by Crippen LogP contribution is -2.33. The van der Waals surface area contributed by atoms with Gasteiger partial charge in [-0.25, -0.2) is 4.39 Å². The molecule has 158 valence electrons. The predicted octanol–water partition coefficient (Wildman–Crippen LogP) is 3.34. The number of halogens is 1. The number of ether oxygens (including phenoxy) is 1. The molecule has 3 heterocycles. The van der Waals surface area contributed by atoms with Gasteiger partial charge in [0.15, 0.2) is 0 Å². The minimum Gasteiger partial charge on any atom is -0.486 e. The Morgan fingerprint density at radius 2 is 1.93 bits per heavy atom. The fourth-order valence-corrected chi connectivity index (χ4v) is 3.95. The molecular weight excluding hydrogens is 383 g/mol. The Kier molecular flexibility index (Phi) is 5.83. The van der Waals surface area contributed by atoms with Gasteiger partial charge in [-0.05, 0) is 50.5 Å². The molecule has 4 rings (SSSR count). The average Bonchev–Trinajstić information content (AvgIpc) is 3.27. The molecule has 0 bridgehead atoms. The average molecular weight is 410 g/mol. The van der Waals surface area contributed by atoms with E-state index in [9.17, 15) is 9.18 Å². The zero-order valence-corrected chi connectivity index (χ0v) is 17.7. The molecule has 2 aliphatic rings. The molecule has 0 aliphatic carbocycles. The maximum Gasteiger partial charge on any atom is 0.260 e. The minimum absolute atomic E-state index is 0.279. The van der Waals surface area contributed by atoms with Gasteiger partial charge in [-0.3, -0.25) is 14.7 Å². The van der Waals surface area contributed by atoms with Crippen molar-refractivity contribution in [1.29, 1.82) is 0 Å². The number of hydrogen-bond donors (Lipinski definition) is 1. The van der Waals surface area contributed by atoms with E-state index in [1.807, 2.05) is 12.1 Å². The number of fused-ring (bicyclic) bond motifs is 2. The number of hydrogen-bond acceptors (Lipinski definition) is 5. The molecule has 2 aliphatic heterocycles. The van der Waals surface area contributed by atoms with Crippen LogP contribution in [0.4, 0.5) is 10.1 Å². The number of aromatic nitrogens is 1. The smallest absolute Gasteiger partial charge is 0.260 e. The summed E-state index contributed by atoms with van der Waals surface area (Å²) in [6.45, 7) is 9.50. The van der Waals surface area contributed by atoms with Gasteiger partial charge in [0.25, 0.3) is 5.91 Å². The summed E-state index contributed by atoms with van der Waals surface area (Å²) in [7, 11) is 2.09. The van der Waals surface area contributed by atoms with Crippen LogP contribution in [-0.4, -0.2) is 53.9 Å². The van der Waals surface area contributed by atoms with E-state index in [0.29, 0.717) is 29.2 Å². The van der Waals surface area contributed by atoms with Crippen LogP contribution in [0.2, 0.25) is 0 Å². The second-order valence-corrected chi connectivity index (χ2v) is 7.70. The maximum atomic E-state index is 13.8. The van der Waals surface area contributed by atoms with Crippen LogP contribution in [0, 0.1) is 5.82 Å². The van der Waals surface area contributed by atoms with Crippen molar-refractivity contribution in [2.75, 3.05) is 38.5 Å². The van der Waals surface area contributed by atoms with Gasteiger partial charge in [0.05, 0.1) is 17.0 Å². The summed E-state index contributed by atoms with van der Waals surface area (Å²) in [5.41, 5.74) is 4.07. The van der Waals surface area contributed by atoms with Crippen molar-refractivity contribution < 1.29 is 13.9 Å². The van der Waals surface area contributed by atoms with Crippen LogP contribution in [0.5, 0.6) is 0 Å². The molecule has 0 atom stereocenters. The number of carbonyl (C=O) groups is 1. The highest BCUT2D eigenvalue weighted by atomic mass is 19.1. The monoisotopic (exact) mass is 410 g/mol. The van der Waals surface area contributed by atoms with E-state index < -0.39 is 0 Å². The van der Waals surface area contributed by atoms with Gasteiger partial charge in [0, 0.05) is 36.4 Å². The first kappa shape index (κ1) is 20.5. The number of rotatable bonds is 7. The molecule has 0 saturated heterocycles. The molecule has 6 nitrogen and oxygen atoms in total. The Balaban J connectivity index is 1.54. The van der Waals surface area contributed by atoms with Crippen LogP contribution in [0.25, 0.3) is 11.3 Å². The summed E-state index contributed by atoms with van der Waals surface area (Å²) >= 11 is 0. The predicted molar refractivity (Wildman–Crippen MR) is 115 cm³/mol. The van der Waals surface area contributed by atoms with E-state index in [4.69, 9.17) is 9.72 Å². The molecule has 0 saturated carbocycles. The van der Waals surface area contributed by atoms with Crippen LogP contribution >= 0.6 is 0 Å². The van der Waals surface area contributed by atoms with E-state index >= 15 is 0 Å². The zero-order valence-electron chi connectivity index (χ0n) is 17.7. The molecule has 30 heavy (non-hydrogen) atoms. The fraction of sp³-hybridized carbons (Fsp3) is 0.391. The Labute approximate surface area is 176 Å². The molecule has 0 spiro atoms. The second-order valence-electron chi connectivity index (χ2n) is 7.70. The summed E-state index contributed by atoms with van der Waals surface area (Å²) in [6, 6.07) is 8.20. The highest BCUT2D eigenvalue weighted by Gasteiger charge is 2.33. The van der Waals surface area contributed by atoms with E-state index in [2.05, 4.69) is 36.0 Å². The molecule has 1 aromatic heterocycles. The molecular formula is C23H27FN4O2. The van der Waals surface area contributed by atoms with Crippen molar-refractivity contribution in [2.45, 2.75) is 27.0 Å². The van der Waals surface area contributed by atoms with Gasteiger partial charge in [0.2, 0.25) is 0 Å². The van der Waals surface area contributed by atoms with E-state index in [1.165, 1.54) is 12.1 Å². The number of carbonyl (C=O) groups excluding carboxylic acids is 1. The molecule has 7 heteroatoms. The van der Waals surface area contributed by atoms with Gasteiger partial charge in [-0.1, -0.05) is 13.8 Å². The summed E-state index contributed by atoms with van der Waals surface area (Å²) < 4.78 is 19.6. The third-order valence-electron chi connectivity index (χ3n) is 5.71. The Hall–Kier alpha value is -2.77. The van der Waals surface area contributed by atoms with E-state index in [-0.39, 0.29) is 11.7 Å². The molecule has 1 N–H and O–H groups in total. The van der Waals surface area contributed by atoms with Crippen molar-refractivity contribution in [3.63, 3.8) is 0 Å². The molecule has 1 aromatic carbocycles. The molecule has 0 fully saturated rings. The Bertz CT molecular complexity index is 1000. The number of nitrogens with zero attached hydrogens (tertiary/aromatic N) is 3. The molecule has 0 radical (unpaired) electrons. The Morgan fingerprint density at radius 3 is 2.70 bits per heavy atom. The first-order valence-electron chi connectivity index (χ1n) is 10.4. The standard InChI is InChI=1S/C23H27FN4O2/c1-4-28(5-2)11-10-27(3)13-16-7-8-17-20(25-16)14-30-22(17)21-18-12-15(24)6-9-19(18)26-23(21)29/h6-9,12H,4-5,10-11,13-14H2,1-3H3,(H,26,29). The Morgan fingerprint density at radius 1 is 1.13 bits per heavy atom. The summed E-state index contributed by atoms with van der Waals surface area (Å²) in [6.07, 6.45) is 0. The second kappa shape index (κ2) is 8.53. The maximum absolute atomic E-state index is 13.8. The van der Waals surface area contributed by atoms with Crippen molar-refractivity contribution in [3.05, 3.63) is 58.7 Å². The molecule has 0 unspecified atom stereocenters. The lowest BCUT2D eigenvalue weighted by Gasteiger charge is -2.22. The lowest BCUT2D eigenvalue weighted by atomic mass is 10.0. The number of likely N-dealkylation sites (N-methyl/N-ethyl adjacent to an activating group) is 2. The van der Waals surface area contributed by atoms with Gasteiger partial charge < -0.3 is 15.0 Å². The minimum atomic E-state index is -0.386. The third kappa shape index (κ3) is 3.95. The largest absolute Gasteiger partial charge is 0.486 e. The zero-order chi connectivity index (χ0) is 21.3. The quantitative estimate of drug-likeness (QED) is 0.710. The van der Waals surface area contributed by atoms with E-state index in [0.717, 1.165) is 49.7 Å². The van der Waals surface area contributed by atoms with E-state index in [1.54, 1.807) is 6.07 Å². The van der Waals surface area contributed by atoms with Crippen LogP contribution in [0.15, 0.2) is 30.3 Å². The number of amides is 1. The number of nitrogens with one attached hydrogen (secondary N) is 1. The van der Waals surface area contributed by atoms with Crippen molar-refractivity contribution in [2.24, 2.45) is 0 Å². The van der Waals surface area contributed by atoms with Gasteiger partial charge >= 0.3 is 0 Å². The summed E-state index contributed by atoms with van der Waals surface area (Å²) in [4.78, 5) is 21.9. The van der Waals surface area contributed by atoms with Crippen molar-refractivity contribution >= 4 is 22.9 Å². The molecule has 1 amide bonds. The third-order valence-corrected chi connectivity index (χ3v) is 5.71. The van der Waals surface area contributed by atoms with Crippen LogP contribution in [0.3, 0.4) is 0 Å². The van der Waals surface area contributed by atoms with Crippen LogP contribution < -0.4 is 5.32 Å². The topological polar surface area (TPSA) is 57.7 Å². The molecule has 2 aromatic rings. The van der Waals surface area contributed by atoms with Crippen LogP contribution in [-0.2, 0) is 22.7 Å². The lowest BCUT2D eigenvalue weighted by molar-refractivity contribution is -0.110. The summed E-state index contributed by atoms with van der Waals surface area (Å²) in [5.74, 6) is -0.192.